The van der Waals surface area contributed by atoms with E-state index >= 15 is 0 Å². The molecule has 0 unspecified atom stereocenters. The van der Waals surface area contributed by atoms with E-state index in [2.05, 4.69) is 67.0 Å². The molecule has 146 valence electrons. The zero-order valence-electron chi connectivity index (χ0n) is 17.5. The van der Waals surface area contributed by atoms with Crippen molar-refractivity contribution in [1.82, 2.24) is 0 Å². The molecular weight excluding hydrogens is 356 g/mol. The molecule has 1 aliphatic carbocycles. The number of rotatable bonds is 1. The Kier molecular flexibility index (Phi) is 3.59. The molecule has 0 N–H and O–H groups in total. The summed E-state index contributed by atoms with van der Waals surface area (Å²) in [6.07, 6.45) is 10.8. The maximum atomic E-state index is 5.79. The van der Waals surface area contributed by atoms with Crippen LogP contribution in [0.1, 0.15) is 49.1 Å². The van der Waals surface area contributed by atoms with Gasteiger partial charge >= 0.3 is 0 Å². The molecule has 0 spiro atoms. The molecule has 2 aromatic heterocycles. The molecule has 0 saturated heterocycles. The fourth-order valence-corrected chi connectivity index (χ4v) is 5.70. The molecule has 0 amide bonds. The highest BCUT2D eigenvalue weighted by Crippen LogP contribution is 2.50. The first-order valence-corrected chi connectivity index (χ1v) is 10.8. The zero-order valence-corrected chi connectivity index (χ0v) is 17.5. The van der Waals surface area contributed by atoms with Crippen molar-refractivity contribution in [2.75, 3.05) is 11.9 Å². The summed E-state index contributed by atoms with van der Waals surface area (Å²) >= 11 is 0. The molecule has 2 aliphatic rings. The van der Waals surface area contributed by atoms with Crippen molar-refractivity contribution in [2.24, 2.45) is 7.05 Å². The SMILES string of the molecule is Cc1c2c(cc3occc13)N(C)c1cc(C3CCCCC3)cc3cc[n+](C)c-2c13. The molecule has 2 aromatic carbocycles. The van der Waals surface area contributed by atoms with Crippen LogP contribution in [-0.4, -0.2) is 7.05 Å². The molecule has 4 aromatic rings. The van der Waals surface area contributed by atoms with Crippen molar-refractivity contribution in [3.8, 4) is 11.3 Å². The van der Waals surface area contributed by atoms with Crippen LogP contribution in [0.25, 0.3) is 33.0 Å². The number of anilines is 2. The van der Waals surface area contributed by atoms with Crippen molar-refractivity contribution in [3.05, 3.63) is 53.9 Å². The molecule has 0 atom stereocenters. The van der Waals surface area contributed by atoms with E-state index in [9.17, 15) is 0 Å². The first-order valence-electron chi connectivity index (χ1n) is 10.8. The topological polar surface area (TPSA) is 20.3 Å². The fraction of sp³-hybridized carbons (Fsp3) is 0.346. The third-order valence-corrected chi connectivity index (χ3v) is 7.27. The standard InChI is InChI=1S/C26H27N2O/c1-16-20-10-12-29-23(20)15-22-24(16)26-25-18(9-11-27(26)2)13-19(14-21(25)28(22)3)17-7-5-4-6-8-17/h9-15,17H,4-8H2,1-3H3/q+1. The Labute approximate surface area is 171 Å². The summed E-state index contributed by atoms with van der Waals surface area (Å²) in [4.78, 5) is 2.38. The van der Waals surface area contributed by atoms with E-state index in [0.29, 0.717) is 5.92 Å². The van der Waals surface area contributed by atoms with E-state index in [1.54, 1.807) is 6.26 Å². The van der Waals surface area contributed by atoms with Crippen molar-refractivity contribution in [1.29, 1.82) is 0 Å². The molecule has 6 rings (SSSR count). The first kappa shape index (κ1) is 17.1. The molecule has 1 saturated carbocycles. The Bertz CT molecular complexity index is 1280. The van der Waals surface area contributed by atoms with E-state index in [1.165, 1.54) is 82.0 Å². The quantitative estimate of drug-likeness (QED) is 0.349. The third kappa shape index (κ3) is 2.33. The summed E-state index contributed by atoms with van der Waals surface area (Å²) in [5.74, 6) is 0.700. The van der Waals surface area contributed by atoms with Crippen molar-refractivity contribution >= 4 is 33.1 Å². The molecule has 3 heterocycles. The minimum Gasteiger partial charge on any atom is -0.464 e. The fourth-order valence-electron chi connectivity index (χ4n) is 5.70. The van der Waals surface area contributed by atoms with Gasteiger partial charge in [-0.3, -0.25) is 0 Å². The van der Waals surface area contributed by atoms with Crippen LogP contribution in [0.5, 0.6) is 0 Å². The second kappa shape index (κ2) is 6.09. The maximum absolute atomic E-state index is 5.79. The lowest BCUT2D eigenvalue weighted by atomic mass is 9.82. The van der Waals surface area contributed by atoms with Gasteiger partial charge < -0.3 is 9.32 Å². The largest absolute Gasteiger partial charge is 0.464 e. The van der Waals surface area contributed by atoms with Crippen LogP contribution in [0, 0.1) is 6.92 Å². The lowest BCUT2D eigenvalue weighted by molar-refractivity contribution is -0.659. The molecule has 29 heavy (non-hydrogen) atoms. The van der Waals surface area contributed by atoms with E-state index in [0.717, 1.165) is 5.58 Å². The van der Waals surface area contributed by atoms with Gasteiger partial charge in [0.2, 0.25) is 5.69 Å². The summed E-state index contributed by atoms with van der Waals surface area (Å²) in [7, 11) is 4.38. The van der Waals surface area contributed by atoms with Crippen molar-refractivity contribution in [2.45, 2.75) is 44.9 Å². The summed E-state index contributed by atoms with van der Waals surface area (Å²) in [5, 5.41) is 3.94. The smallest absolute Gasteiger partial charge is 0.224 e. The highest BCUT2D eigenvalue weighted by Gasteiger charge is 2.32. The van der Waals surface area contributed by atoms with Gasteiger partial charge in [0.15, 0.2) is 6.20 Å². The summed E-state index contributed by atoms with van der Waals surface area (Å²) in [5.41, 5.74) is 8.98. The predicted octanol–water partition coefficient (Wildman–Crippen LogP) is 6.51. The lowest BCUT2D eigenvalue weighted by Crippen LogP contribution is -2.33. The average Bonchev–Trinajstić information content (AvgIpc) is 3.22. The molecule has 0 bridgehead atoms. The number of aryl methyl sites for hydroxylation is 2. The lowest BCUT2D eigenvalue weighted by Gasteiger charge is -2.31. The van der Waals surface area contributed by atoms with Gasteiger partial charge in [0, 0.05) is 24.6 Å². The van der Waals surface area contributed by atoms with Crippen LogP contribution >= 0.6 is 0 Å². The number of benzene rings is 2. The molecule has 3 nitrogen and oxygen atoms in total. The summed E-state index contributed by atoms with van der Waals surface area (Å²) < 4.78 is 8.08. The highest BCUT2D eigenvalue weighted by atomic mass is 16.3. The second-order valence-corrected chi connectivity index (χ2v) is 8.90. The molecular formula is C26H27N2O+. The second-order valence-electron chi connectivity index (χ2n) is 8.90. The number of nitrogens with zero attached hydrogens (tertiary/aromatic N) is 2. The molecule has 1 aliphatic heterocycles. The Morgan fingerprint density at radius 2 is 1.86 bits per heavy atom. The van der Waals surface area contributed by atoms with Crippen LogP contribution in [0.3, 0.4) is 0 Å². The molecule has 3 heteroatoms. The Hall–Kier alpha value is -2.81. The van der Waals surface area contributed by atoms with Crippen LogP contribution in [0.2, 0.25) is 0 Å². The number of furan rings is 1. The van der Waals surface area contributed by atoms with Crippen molar-refractivity contribution in [3.63, 3.8) is 0 Å². The number of hydrogen-bond donors (Lipinski definition) is 0. The van der Waals surface area contributed by atoms with Gasteiger partial charge in [-0.1, -0.05) is 25.3 Å². The van der Waals surface area contributed by atoms with Gasteiger partial charge in [-0.25, -0.2) is 4.57 Å². The van der Waals surface area contributed by atoms with Crippen LogP contribution in [0.4, 0.5) is 11.4 Å². The van der Waals surface area contributed by atoms with Gasteiger partial charge in [0.25, 0.3) is 0 Å². The predicted molar refractivity (Wildman–Crippen MR) is 119 cm³/mol. The third-order valence-electron chi connectivity index (χ3n) is 7.27. The number of aromatic nitrogens is 1. The minimum atomic E-state index is 0.700. The number of fused-ring (bicyclic) bond motifs is 3. The Morgan fingerprint density at radius 1 is 1.03 bits per heavy atom. The van der Waals surface area contributed by atoms with E-state index < -0.39 is 0 Å². The number of hydrogen-bond acceptors (Lipinski definition) is 2. The normalized spacial score (nSPS) is 16.6. The molecule has 0 radical (unpaired) electrons. The maximum Gasteiger partial charge on any atom is 0.224 e. The summed E-state index contributed by atoms with van der Waals surface area (Å²) in [6.45, 7) is 2.23. The van der Waals surface area contributed by atoms with Gasteiger partial charge in [0.1, 0.15) is 12.6 Å². The Morgan fingerprint density at radius 3 is 2.69 bits per heavy atom. The zero-order chi connectivity index (χ0) is 19.7. The van der Waals surface area contributed by atoms with E-state index in [-0.39, 0.29) is 0 Å². The van der Waals surface area contributed by atoms with Crippen LogP contribution < -0.4 is 9.47 Å². The van der Waals surface area contributed by atoms with Crippen molar-refractivity contribution < 1.29 is 8.98 Å². The van der Waals surface area contributed by atoms with E-state index in [4.69, 9.17) is 4.42 Å². The summed E-state index contributed by atoms with van der Waals surface area (Å²) in [6, 6.07) is 11.5. The first-order chi connectivity index (χ1) is 14.1. The number of pyridine rings is 1. The highest BCUT2D eigenvalue weighted by molar-refractivity contribution is 6.12. The average molecular weight is 384 g/mol. The Balaban J connectivity index is 1.69. The van der Waals surface area contributed by atoms with Crippen LogP contribution in [0.15, 0.2) is 47.2 Å². The van der Waals surface area contributed by atoms with Gasteiger partial charge in [-0.15, -0.1) is 0 Å². The van der Waals surface area contributed by atoms with Gasteiger partial charge in [-0.05, 0) is 54.3 Å². The van der Waals surface area contributed by atoms with E-state index in [1.807, 2.05) is 0 Å². The van der Waals surface area contributed by atoms with Crippen LogP contribution in [-0.2, 0) is 7.05 Å². The van der Waals surface area contributed by atoms with Gasteiger partial charge in [0.05, 0.1) is 28.6 Å². The minimum absolute atomic E-state index is 0.700. The molecule has 1 fully saturated rings. The monoisotopic (exact) mass is 383 g/mol. The van der Waals surface area contributed by atoms with Gasteiger partial charge in [-0.2, -0.15) is 0 Å².